The van der Waals surface area contributed by atoms with E-state index in [4.69, 9.17) is 9.47 Å². The number of nitrogens with zero attached hydrogens (tertiary/aromatic N) is 3. The Morgan fingerprint density at radius 2 is 1.93 bits per heavy atom. The second-order valence-corrected chi connectivity index (χ2v) is 11.6. The van der Waals surface area contributed by atoms with Crippen LogP contribution in [-0.2, 0) is 26.1 Å². The second kappa shape index (κ2) is 12.2. The van der Waals surface area contributed by atoms with Crippen molar-refractivity contribution in [2.75, 3.05) is 22.8 Å². The Labute approximate surface area is 237 Å². The molecule has 0 radical (unpaired) electrons. The number of rotatable bonds is 11. The van der Waals surface area contributed by atoms with Crippen LogP contribution < -0.4 is 19.1 Å². The van der Waals surface area contributed by atoms with E-state index in [-0.39, 0.29) is 30.1 Å². The molecule has 42 heavy (non-hydrogen) atoms. The second-order valence-electron chi connectivity index (χ2n) is 9.81. The number of alkyl halides is 5. The summed E-state index contributed by atoms with van der Waals surface area (Å²) in [5, 5.41) is 15.3. The summed E-state index contributed by atoms with van der Waals surface area (Å²) in [6.45, 7) is 2.85. The van der Waals surface area contributed by atoms with Gasteiger partial charge in [0.15, 0.2) is 11.5 Å². The number of aryl methyl sites for hydroxylation is 1. The molecule has 234 valence electrons. The van der Waals surface area contributed by atoms with Gasteiger partial charge in [-0.25, -0.2) is 22.0 Å². The number of carboxylic acids is 1. The van der Waals surface area contributed by atoms with Crippen LogP contribution in [0.2, 0.25) is 0 Å². The third kappa shape index (κ3) is 7.32. The molecule has 2 heterocycles. The molecule has 18 heteroatoms. The number of sulfonamides is 1. The average Bonchev–Trinajstić information content (AvgIpc) is 3.30. The van der Waals surface area contributed by atoms with Crippen LogP contribution in [0.25, 0.3) is 0 Å². The molecule has 0 bridgehead atoms. The molecular formula is C24H29F5N4O8S. The third-order valence-corrected chi connectivity index (χ3v) is 7.90. The van der Waals surface area contributed by atoms with Crippen LogP contribution in [0.1, 0.15) is 34.1 Å². The van der Waals surface area contributed by atoms with Gasteiger partial charge in [-0.3, -0.25) is 19.1 Å². The number of carboxylic acid groups (broad SMARTS) is 1. The first-order chi connectivity index (χ1) is 19.4. The molecule has 2 N–H and O–H groups in total. The minimum Gasteiger partial charge on any atom is -0.486 e. The molecule has 1 aliphatic rings. The Hall–Kier alpha value is -3.83. The van der Waals surface area contributed by atoms with Crippen LogP contribution >= 0.6 is 0 Å². The number of aliphatic carboxylic acids is 1. The maximum absolute atomic E-state index is 13.9. The summed E-state index contributed by atoms with van der Waals surface area (Å²) in [6, 6.07) is 3.53. The van der Waals surface area contributed by atoms with E-state index in [1.807, 2.05) is 0 Å². The van der Waals surface area contributed by atoms with E-state index >= 15 is 0 Å². The van der Waals surface area contributed by atoms with E-state index in [1.165, 1.54) is 19.1 Å². The van der Waals surface area contributed by atoms with Gasteiger partial charge in [-0.15, -0.1) is 5.10 Å². The van der Waals surface area contributed by atoms with Gasteiger partial charge in [0.2, 0.25) is 5.60 Å². The average molecular weight is 629 g/mol. The maximum Gasteiger partial charge on any atom is 0.427 e. The molecule has 3 rings (SSSR count). The van der Waals surface area contributed by atoms with E-state index in [9.17, 15) is 45.1 Å². The molecule has 12 nitrogen and oxygen atoms in total. The Morgan fingerprint density at radius 3 is 2.50 bits per heavy atom. The molecular weight excluding hydrogens is 599 g/mol. The number of anilines is 2. The minimum absolute atomic E-state index is 0.0696. The van der Waals surface area contributed by atoms with Crippen molar-refractivity contribution in [1.82, 2.24) is 9.78 Å². The van der Waals surface area contributed by atoms with Crippen LogP contribution in [-0.4, -0.2) is 72.8 Å². The predicted octanol–water partition coefficient (Wildman–Crippen LogP) is 4.50. The Kier molecular flexibility index (Phi) is 9.48. The number of fused-ring (bicyclic) bond motifs is 1. The fraction of sp³-hybridized carbons (Fsp3) is 0.542. The molecule has 1 aliphatic heterocycles. The Bertz CT molecular complexity index is 1410. The highest BCUT2D eigenvalue weighted by molar-refractivity contribution is 7.93. The summed E-state index contributed by atoms with van der Waals surface area (Å²) in [4.78, 5) is 23.1. The molecule has 1 amide bonds. The molecule has 2 aromatic rings. The van der Waals surface area contributed by atoms with Gasteiger partial charge < -0.3 is 19.3 Å². The zero-order valence-electron chi connectivity index (χ0n) is 22.8. The fourth-order valence-electron chi connectivity index (χ4n) is 3.75. The van der Waals surface area contributed by atoms with Gasteiger partial charge in [-0.05, 0) is 45.4 Å². The highest BCUT2D eigenvalue weighted by Gasteiger charge is 2.51. The van der Waals surface area contributed by atoms with E-state index < -0.39 is 76.2 Å². The van der Waals surface area contributed by atoms with Gasteiger partial charge in [0.1, 0.15) is 11.9 Å². The molecule has 0 unspecified atom stereocenters. The van der Waals surface area contributed by atoms with Crippen molar-refractivity contribution in [3.05, 3.63) is 24.4 Å². The number of hydrogen-bond donors (Lipinski definition) is 2. The number of nitrogens with one attached hydrogen (secondary N) is 1. The number of amides is 1. The quantitative estimate of drug-likeness (QED) is 0.343. The van der Waals surface area contributed by atoms with Gasteiger partial charge in [-0.1, -0.05) is 6.92 Å². The first kappa shape index (κ1) is 32.7. The number of benzene rings is 1. The lowest BCUT2D eigenvalue weighted by Crippen LogP contribution is -2.45. The molecule has 1 aromatic heterocycles. The SMILES string of the molecule is CCn1cc(S(=O)(=O)N2C[C@H](C[C@H](C)C(=O)O)Oc3ccc(NC(=O)OC(C)(C)C(F)(F)F)cc32)c(OCC(F)F)n1. The van der Waals surface area contributed by atoms with Crippen molar-refractivity contribution >= 4 is 33.5 Å². The number of ether oxygens (including phenoxy) is 3. The number of carbonyl (C=O) groups excluding carboxylic acids is 1. The predicted molar refractivity (Wildman–Crippen MR) is 136 cm³/mol. The number of hydrogen-bond acceptors (Lipinski definition) is 8. The Morgan fingerprint density at radius 1 is 1.26 bits per heavy atom. The molecule has 0 spiro atoms. The lowest BCUT2D eigenvalue weighted by molar-refractivity contribution is -0.242. The van der Waals surface area contributed by atoms with Crippen LogP contribution in [0.15, 0.2) is 29.3 Å². The molecule has 0 saturated carbocycles. The lowest BCUT2D eigenvalue weighted by atomic mass is 10.0. The van der Waals surface area contributed by atoms with Crippen molar-refractivity contribution < 1.29 is 59.3 Å². The molecule has 1 aromatic carbocycles. The third-order valence-electron chi connectivity index (χ3n) is 6.14. The van der Waals surface area contributed by atoms with Crippen LogP contribution in [0, 0.1) is 5.92 Å². The van der Waals surface area contributed by atoms with E-state index in [2.05, 4.69) is 15.2 Å². The van der Waals surface area contributed by atoms with Crippen LogP contribution in [0.5, 0.6) is 11.6 Å². The lowest BCUT2D eigenvalue weighted by Gasteiger charge is -2.36. The zero-order valence-corrected chi connectivity index (χ0v) is 23.6. The first-order valence-corrected chi connectivity index (χ1v) is 13.9. The van der Waals surface area contributed by atoms with Crippen LogP contribution in [0.3, 0.4) is 0 Å². The van der Waals surface area contributed by atoms with Crippen molar-refractivity contribution in [3.8, 4) is 11.6 Å². The molecule has 2 atom stereocenters. The van der Waals surface area contributed by atoms with E-state index in [0.29, 0.717) is 13.8 Å². The first-order valence-electron chi connectivity index (χ1n) is 12.5. The van der Waals surface area contributed by atoms with Crippen LogP contribution in [0.4, 0.5) is 38.1 Å². The summed E-state index contributed by atoms with van der Waals surface area (Å²) in [7, 11) is -4.67. The van der Waals surface area contributed by atoms with Gasteiger partial charge in [0.05, 0.1) is 18.2 Å². The topological polar surface area (TPSA) is 149 Å². The van der Waals surface area contributed by atoms with Gasteiger partial charge in [-0.2, -0.15) is 13.2 Å². The van der Waals surface area contributed by atoms with E-state index in [0.717, 1.165) is 21.3 Å². The monoisotopic (exact) mass is 628 g/mol. The normalized spacial score (nSPS) is 16.4. The summed E-state index contributed by atoms with van der Waals surface area (Å²) >= 11 is 0. The summed E-state index contributed by atoms with van der Waals surface area (Å²) in [5.41, 5.74) is -3.20. The van der Waals surface area contributed by atoms with Gasteiger partial charge >= 0.3 is 18.2 Å². The van der Waals surface area contributed by atoms with Crippen molar-refractivity contribution in [2.24, 2.45) is 5.92 Å². The largest absolute Gasteiger partial charge is 0.486 e. The zero-order chi connectivity index (χ0) is 31.6. The molecule has 0 fully saturated rings. The number of carbonyl (C=O) groups is 2. The highest BCUT2D eigenvalue weighted by atomic mass is 32.2. The van der Waals surface area contributed by atoms with Gasteiger partial charge in [0.25, 0.3) is 22.3 Å². The standard InChI is InChI=1S/C24H29F5N4O8S/c1-5-32-11-18(20(31-32)39-12-19(25)26)42(37,38)33-10-15(8-13(2)21(34)35)40-17-7-6-14(9-16(17)33)30-22(36)41-23(3,4)24(27,28)29/h6-7,9,11,13,15,19H,5,8,10,12H2,1-4H3,(H,30,36)(H,34,35)/t13-,15-/m0/s1. The minimum atomic E-state index is -4.88. The smallest absolute Gasteiger partial charge is 0.427 e. The number of aromatic nitrogens is 2. The highest BCUT2D eigenvalue weighted by Crippen LogP contribution is 2.41. The molecule has 0 aliphatic carbocycles. The summed E-state index contributed by atoms with van der Waals surface area (Å²) < 4.78 is 110. The van der Waals surface area contributed by atoms with Gasteiger partial charge in [0, 0.05) is 18.4 Å². The van der Waals surface area contributed by atoms with Crippen molar-refractivity contribution in [3.63, 3.8) is 0 Å². The maximum atomic E-state index is 13.9. The molecule has 0 saturated heterocycles. The van der Waals surface area contributed by atoms with E-state index in [1.54, 1.807) is 6.92 Å². The fourth-order valence-corrected chi connectivity index (χ4v) is 5.33. The van der Waals surface area contributed by atoms with Crippen molar-refractivity contribution in [2.45, 2.75) is 69.9 Å². The summed E-state index contributed by atoms with van der Waals surface area (Å²) in [5.74, 6) is -2.78. The Balaban J connectivity index is 2.04. The summed E-state index contributed by atoms with van der Waals surface area (Å²) in [6.07, 6.45) is -9.34. The van der Waals surface area contributed by atoms with Crippen molar-refractivity contribution in [1.29, 1.82) is 0 Å². The number of halogens is 5.